The third-order valence-corrected chi connectivity index (χ3v) is 4.77. The number of benzene rings is 2. The van der Waals surface area contributed by atoms with Crippen molar-refractivity contribution in [3.8, 4) is 11.8 Å². The normalized spacial score (nSPS) is 12.3. The summed E-state index contributed by atoms with van der Waals surface area (Å²) in [7, 11) is -3.62. The van der Waals surface area contributed by atoms with Gasteiger partial charge < -0.3 is 0 Å². The van der Waals surface area contributed by atoms with Crippen LogP contribution < -0.4 is 4.72 Å². The third-order valence-electron chi connectivity index (χ3n) is 3.05. The van der Waals surface area contributed by atoms with Gasteiger partial charge in [-0.25, -0.2) is 8.42 Å². The van der Waals surface area contributed by atoms with Gasteiger partial charge >= 0.3 is 0 Å². The summed E-state index contributed by atoms with van der Waals surface area (Å²) in [5, 5.41) is 0.489. The highest BCUT2D eigenvalue weighted by Crippen LogP contribution is 2.17. The quantitative estimate of drug-likeness (QED) is 0.655. The summed E-state index contributed by atoms with van der Waals surface area (Å²) in [6, 6.07) is 15.5. The van der Waals surface area contributed by atoms with E-state index in [1.54, 1.807) is 24.3 Å². The van der Waals surface area contributed by atoms with Gasteiger partial charge in [0, 0.05) is 0 Å². The molecule has 0 radical (unpaired) electrons. The molecule has 0 spiro atoms. The minimum absolute atomic E-state index is 0.236. The Labute approximate surface area is 139 Å². The van der Waals surface area contributed by atoms with Crippen molar-refractivity contribution in [1.29, 1.82) is 0 Å². The molecule has 0 heterocycles. The molecule has 0 amide bonds. The van der Waals surface area contributed by atoms with Gasteiger partial charge in [-0.05, 0) is 24.6 Å². The van der Waals surface area contributed by atoms with Crippen molar-refractivity contribution < 1.29 is 8.42 Å². The maximum atomic E-state index is 12.5. The lowest BCUT2D eigenvalue weighted by molar-refractivity contribution is 0.576. The Morgan fingerprint density at radius 2 is 1.73 bits per heavy atom. The van der Waals surface area contributed by atoms with Gasteiger partial charge in [0.1, 0.15) is 6.04 Å². The molecule has 2 rings (SSSR count). The predicted molar refractivity (Wildman–Crippen MR) is 92.3 cm³/mol. The molecule has 2 aromatic rings. The van der Waals surface area contributed by atoms with Gasteiger partial charge in [-0.15, -0.1) is 0 Å². The molecule has 0 aliphatic heterocycles. The van der Waals surface area contributed by atoms with Crippen LogP contribution in [0.1, 0.15) is 17.2 Å². The maximum absolute atomic E-state index is 12.5. The Kier molecular flexibility index (Phi) is 5.78. The molecule has 0 aromatic heterocycles. The zero-order valence-electron chi connectivity index (χ0n) is 12.1. The summed E-state index contributed by atoms with van der Waals surface area (Å²) >= 11 is 3.23. The molecule has 1 unspecified atom stereocenters. The van der Waals surface area contributed by atoms with Crippen LogP contribution in [0.15, 0.2) is 59.5 Å². The Morgan fingerprint density at radius 1 is 1.09 bits per heavy atom. The predicted octanol–water partition coefficient (Wildman–Crippen LogP) is 3.41. The van der Waals surface area contributed by atoms with Gasteiger partial charge in [-0.1, -0.05) is 75.8 Å². The summed E-state index contributed by atoms with van der Waals surface area (Å²) < 4.78 is 27.7. The van der Waals surface area contributed by atoms with Gasteiger partial charge in [0.25, 0.3) is 0 Å². The first-order valence-corrected chi connectivity index (χ1v) is 9.32. The minimum Gasteiger partial charge on any atom is -0.207 e. The summed E-state index contributed by atoms with van der Waals surface area (Å²) in [6.45, 7) is 1.91. The summed E-state index contributed by atoms with van der Waals surface area (Å²) in [5.41, 5.74) is 1.82. The highest BCUT2D eigenvalue weighted by molar-refractivity contribution is 9.09. The molecule has 2 aromatic carbocycles. The molecule has 0 saturated carbocycles. The van der Waals surface area contributed by atoms with Crippen LogP contribution >= 0.6 is 15.9 Å². The Balaban J connectivity index is 2.32. The monoisotopic (exact) mass is 377 g/mol. The van der Waals surface area contributed by atoms with Gasteiger partial charge in [0.2, 0.25) is 10.0 Å². The maximum Gasteiger partial charge on any atom is 0.241 e. The fourth-order valence-corrected chi connectivity index (χ4v) is 3.21. The fraction of sp³-hybridized carbons (Fsp3) is 0.176. The molecule has 0 aliphatic carbocycles. The number of alkyl halides is 1. The number of halogens is 1. The van der Waals surface area contributed by atoms with Crippen molar-refractivity contribution in [2.75, 3.05) is 5.33 Å². The highest BCUT2D eigenvalue weighted by Gasteiger charge is 2.19. The fourth-order valence-electron chi connectivity index (χ4n) is 1.91. The molecule has 5 heteroatoms. The molecule has 22 heavy (non-hydrogen) atoms. The van der Waals surface area contributed by atoms with E-state index in [0.29, 0.717) is 5.33 Å². The zero-order valence-corrected chi connectivity index (χ0v) is 14.5. The van der Waals surface area contributed by atoms with Crippen molar-refractivity contribution in [1.82, 2.24) is 4.72 Å². The molecule has 3 nitrogen and oxygen atoms in total. The van der Waals surface area contributed by atoms with Crippen molar-refractivity contribution in [3.63, 3.8) is 0 Å². The number of rotatable bonds is 4. The number of hydrogen-bond acceptors (Lipinski definition) is 2. The first kappa shape index (κ1) is 16.8. The van der Waals surface area contributed by atoms with Gasteiger partial charge in [0.05, 0.1) is 10.2 Å². The molecule has 1 atom stereocenters. The Bertz CT molecular complexity index is 775. The van der Waals surface area contributed by atoms with Crippen LogP contribution in [-0.4, -0.2) is 13.7 Å². The lowest BCUT2D eigenvalue weighted by atomic mass is 10.1. The molecule has 0 fully saturated rings. The van der Waals surface area contributed by atoms with Crippen molar-refractivity contribution in [2.45, 2.75) is 17.9 Å². The van der Waals surface area contributed by atoms with Gasteiger partial charge in [-0.3, -0.25) is 0 Å². The van der Waals surface area contributed by atoms with Crippen LogP contribution in [0.25, 0.3) is 0 Å². The average Bonchev–Trinajstić information content (AvgIpc) is 2.52. The molecule has 114 valence electrons. The first-order chi connectivity index (χ1) is 10.5. The van der Waals surface area contributed by atoms with Crippen molar-refractivity contribution in [2.24, 2.45) is 0 Å². The molecular formula is C17H16BrNO2S. The number of aryl methyl sites for hydroxylation is 1. The molecular weight excluding hydrogens is 362 g/mol. The number of nitrogens with one attached hydrogen (secondary N) is 1. The lowest BCUT2D eigenvalue weighted by Crippen LogP contribution is -2.28. The van der Waals surface area contributed by atoms with Crippen LogP contribution in [0.2, 0.25) is 0 Å². The van der Waals surface area contributed by atoms with E-state index >= 15 is 0 Å². The summed E-state index contributed by atoms with van der Waals surface area (Å²) in [4.78, 5) is 0.236. The van der Waals surface area contributed by atoms with E-state index in [0.717, 1.165) is 11.1 Å². The number of sulfonamides is 1. The topological polar surface area (TPSA) is 46.2 Å². The Morgan fingerprint density at radius 3 is 2.32 bits per heavy atom. The Hall–Kier alpha value is -1.61. The highest BCUT2D eigenvalue weighted by atomic mass is 79.9. The summed E-state index contributed by atoms with van der Waals surface area (Å²) in [5.74, 6) is 5.81. The van der Waals surface area contributed by atoms with Crippen LogP contribution in [0.4, 0.5) is 0 Å². The molecule has 0 bridgehead atoms. The van der Waals surface area contributed by atoms with E-state index in [1.807, 2.05) is 37.3 Å². The van der Waals surface area contributed by atoms with Crippen LogP contribution in [0.5, 0.6) is 0 Å². The van der Waals surface area contributed by atoms with E-state index in [4.69, 9.17) is 0 Å². The zero-order chi connectivity index (χ0) is 16.0. The van der Waals surface area contributed by atoms with E-state index in [2.05, 4.69) is 32.5 Å². The SMILES string of the molecule is Cc1ccc(S(=O)(=O)NC(C#CCBr)c2ccccc2)cc1. The third kappa shape index (κ3) is 4.44. The van der Waals surface area contributed by atoms with Crippen LogP contribution in [-0.2, 0) is 10.0 Å². The second-order valence-electron chi connectivity index (χ2n) is 4.73. The van der Waals surface area contributed by atoms with Gasteiger partial charge in [-0.2, -0.15) is 4.72 Å². The van der Waals surface area contributed by atoms with E-state index in [-0.39, 0.29) is 4.90 Å². The second-order valence-corrected chi connectivity index (χ2v) is 7.01. The molecule has 0 aliphatic rings. The standard InChI is InChI=1S/C17H16BrNO2S/c1-14-9-11-16(12-10-14)22(20,21)19-17(8-5-13-18)15-6-3-2-4-7-15/h2-4,6-7,9-12,17,19H,13H2,1H3. The summed E-state index contributed by atoms with van der Waals surface area (Å²) in [6.07, 6.45) is 0. The average molecular weight is 378 g/mol. The van der Waals surface area contributed by atoms with Gasteiger partial charge in [0.15, 0.2) is 0 Å². The molecule has 1 N–H and O–H groups in total. The smallest absolute Gasteiger partial charge is 0.207 e. The number of hydrogen-bond donors (Lipinski definition) is 1. The van der Waals surface area contributed by atoms with Crippen molar-refractivity contribution in [3.05, 3.63) is 65.7 Å². The largest absolute Gasteiger partial charge is 0.241 e. The van der Waals surface area contributed by atoms with Crippen molar-refractivity contribution >= 4 is 26.0 Å². The lowest BCUT2D eigenvalue weighted by Gasteiger charge is -2.14. The first-order valence-electron chi connectivity index (χ1n) is 6.71. The second kappa shape index (κ2) is 7.59. The van der Waals surface area contributed by atoms with Crippen LogP contribution in [0, 0.1) is 18.8 Å². The van der Waals surface area contributed by atoms with Crippen LogP contribution in [0.3, 0.4) is 0 Å². The minimum atomic E-state index is -3.62. The van der Waals surface area contributed by atoms with E-state index in [1.165, 1.54) is 0 Å². The van der Waals surface area contributed by atoms with E-state index < -0.39 is 16.1 Å². The van der Waals surface area contributed by atoms with E-state index in [9.17, 15) is 8.42 Å². The molecule has 0 saturated heterocycles.